The van der Waals surface area contributed by atoms with Gasteiger partial charge in [-0.15, -0.1) is 0 Å². The van der Waals surface area contributed by atoms with Crippen LogP contribution in [-0.2, 0) is 0 Å². The minimum Gasteiger partial charge on any atom is -0.356 e. The van der Waals surface area contributed by atoms with Crippen molar-refractivity contribution >= 4 is 34.0 Å². The first-order valence-corrected chi connectivity index (χ1v) is 9.01. The predicted molar refractivity (Wildman–Crippen MR) is 95.6 cm³/mol. The molecule has 0 aliphatic carbocycles. The summed E-state index contributed by atoms with van der Waals surface area (Å²) in [6, 6.07) is 11.5. The first kappa shape index (κ1) is 16.7. The molecule has 2 heterocycles. The van der Waals surface area contributed by atoms with E-state index in [-0.39, 0.29) is 17.1 Å². The molecule has 1 aromatic carbocycles. The van der Waals surface area contributed by atoms with Crippen molar-refractivity contribution < 1.29 is 4.79 Å². The molecule has 1 aliphatic heterocycles. The molecule has 0 saturated carbocycles. The van der Waals surface area contributed by atoms with Crippen molar-refractivity contribution in [2.45, 2.75) is 25.3 Å². The van der Waals surface area contributed by atoms with Gasteiger partial charge in [-0.2, -0.15) is 9.64 Å². The minimum atomic E-state index is -0.0797. The SMILES string of the molecule is N#Cc1c(Cl)nsc1N1CCCCC1CNC(=O)c1ccccc1. The van der Waals surface area contributed by atoms with Gasteiger partial charge in [0.2, 0.25) is 0 Å². The summed E-state index contributed by atoms with van der Waals surface area (Å²) in [4.78, 5) is 14.4. The number of nitrogens with one attached hydrogen (secondary N) is 1. The maximum atomic E-state index is 12.2. The number of amides is 1. The average molecular weight is 361 g/mol. The van der Waals surface area contributed by atoms with Gasteiger partial charge in [-0.1, -0.05) is 29.8 Å². The number of piperidine rings is 1. The topological polar surface area (TPSA) is 69.0 Å². The van der Waals surface area contributed by atoms with Crippen LogP contribution in [-0.4, -0.2) is 29.4 Å². The number of benzene rings is 1. The summed E-state index contributed by atoms with van der Waals surface area (Å²) in [6.45, 7) is 1.38. The lowest BCUT2D eigenvalue weighted by atomic mass is 10.0. The quantitative estimate of drug-likeness (QED) is 0.906. The van der Waals surface area contributed by atoms with Gasteiger partial charge in [0.05, 0.1) is 0 Å². The maximum absolute atomic E-state index is 12.2. The molecular formula is C17H17ClN4OS. The van der Waals surface area contributed by atoms with Gasteiger partial charge in [0.25, 0.3) is 5.91 Å². The van der Waals surface area contributed by atoms with E-state index in [2.05, 4.69) is 20.7 Å². The molecule has 5 nitrogen and oxygen atoms in total. The molecule has 0 radical (unpaired) electrons. The van der Waals surface area contributed by atoms with E-state index in [4.69, 9.17) is 11.6 Å². The molecule has 1 fully saturated rings. The van der Waals surface area contributed by atoms with Crippen LogP contribution >= 0.6 is 23.1 Å². The van der Waals surface area contributed by atoms with Gasteiger partial charge in [-0.3, -0.25) is 4.79 Å². The molecule has 1 saturated heterocycles. The van der Waals surface area contributed by atoms with Gasteiger partial charge in [-0.05, 0) is 42.9 Å². The number of hydrogen-bond donors (Lipinski definition) is 1. The Morgan fingerprint density at radius 1 is 1.42 bits per heavy atom. The molecule has 2 aromatic rings. The summed E-state index contributed by atoms with van der Waals surface area (Å²) in [5.74, 6) is -0.0797. The van der Waals surface area contributed by atoms with Crippen LogP contribution in [0.2, 0.25) is 5.15 Å². The molecule has 0 spiro atoms. The molecule has 7 heteroatoms. The molecular weight excluding hydrogens is 344 g/mol. The summed E-state index contributed by atoms with van der Waals surface area (Å²) in [7, 11) is 0. The largest absolute Gasteiger partial charge is 0.356 e. The highest BCUT2D eigenvalue weighted by Gasteiger charge is 2.28. The van der Waals surface area contributed by atoms with Crippen LogP contribution in [0.1, 0.15) is 35.2 Å². The van der Waals surface area contributed by atoms with E-state index in [0.717, 1.165) is 30.8 Å². The van der Waals surface area contributed by atoms with E-state index >= 15 is 0 Å². The second-order valence-electron chi connectivity index (χ2n) is 5.68. The second-order valence-corrected chi connectivity index (χ2v) is 6.79. The number of nitrogens with zero attached hydrogens (tertiary/aromatic N) is 3. The number of hydrogen-bond acceptors (Lipinski definition) is 5. The fourth-order valence-corrected chi connectivity index (χ4v) is 4.06. The summed E-state index contributed by atoms with van der Waals surface area (Å²) < 4.78 is 4.10. The number of aromatic nitrogens is 1. The summed E-state index contributed by atoms with van der Waals surface area (Å²) in [5, 5.41) is 13.4. The zero-order valence-electron chi connectivity index (χ0n) is 13.0. The van der Waals surface area contributed by atoms with E-state index < -0.39 is 0 Å². The normalized spacial score (nSPS) is 17.3. The van der Waals surface area contributed by atoms with Gasteiger partial charge >= 0.3 is 0 Å². The standard InChI is InChI=1S/C17H17ClN4OS/c18-15-14(10-19)17(24-21-15)22-9-5-4-8-13(22)11-20-16(23)12-6-2-1-3-7-12/h1-3,6-7,13H,4-5,8-9,11H2,(H,20,23). The van der Waals surface area contributed by atoms with Crippen molar-refractivity contribution in [2.24, 2.45) is 0 Å². The Kier molecular flexibility index (Phi) is 5.34. The number of halogens is 1. The van der Waals surface area contributed by atoms with Crippen LogP contribution in [0, 0.1) is 11.3 Å². The minimum absolute atomic E-state index is 0.0797. The van der Waals surface area contributed by atoms with Crippen LogP contribution in [0.25, 0.3) is 0 Å². The molecule has 1 aliphatic rings. The lowest BCUT2D eigenvalue weighted by Crippen LogP contribution is -2.46. The van der Waals surface area contributed by atoms with Gasteiger partial charge in [0.1, 0.15) is 16.6 Å². The third kappa shape index (κ3) is 3.53. The first-order valence-electron chi connectivity index (χ1n) is 7.86. The summed E-state index contributed by atoms with van der Waals surface area (Å²) in [5.41, 5.74) is 1.08. The van der Waals surface area contributed by atoms with Crippen LogP contribution in [0.3, 0.4) is 0 Å². The molecule has 1 amide bonds. The fourth-order valence-electron chi connectivity index (χ4n) is 2.94. The number of anilines is 1. The van der Waals surface area contributed by atoms with E-state index in [1.165, 1.54) is 11.5 Å². The Bertz CT molecular complexity index is 756. The second kappa shape index (κ2) is 7.65. The molecule has 3 rings (SSSR count). The third-order valence-electron chi connectivity index (χ3n) is 4.17. The highest BCUT2D eigenvalue weighted by atomic mass is 35.5. The van der Waals surface area contributed by atoms with Crippen molar-refractivity contribution in [1.29, 1.82) is 5.26 Å². The highest BCUT2D eigenvalue weighted by Crippen LogP contribution is 2.34. The number of carbonyl (C=O) groups excluding carboxylic acids is 1. The van der Waals surface area contributed by atoms with Crippen molar-refractivity contribution in [1.82, 2.24) is 9.69 Å². The molecule has 0 bridgehead atoms. The monoisotopic (exact) mass is 360 g/mol. The fraction of sp³-hybridized carbons (Fsp3) is 0.353. The van der Waals surface area contributed by atoms with Gasteiger partial charge in [0.15, 0.2) is 5.15 Å². The smallest absolute Gasteiger partial charge is 0.251 e. The molecule has 24 heavy (non-hydrogen) atoms. The molecule has 1 aromatic heterocycles. The Balaban J connectivity index is 1.71. The summed E-state index contributed by atoms with van der Waals surface area (Å²) in [6.07, 6.45) is 3.13. The number of carbonyl (C=O) groups is 1. The van der Waals surface area contributed by atoms with Crippen molar-refractivity contribution in [2.75, 3.05) is 18.0 Å². The molecule has 124 valence electrons. The number of rotatable bonds is 4. The summed E-state index contributed by atoms with van der Waals surface area (Å²) >= 11 is 7.25. The Hall–Kier alpha value is -2.10. The van der Waals surface area contributed by atoms with E-state index in [1.54, 1.807) is 12.1 Å². The lowest BCUT2D eigenvalue weighted by molar-refractivity contribution is 0.0949. The average Bonchev–Trinajstić information content (AvgIpc) is 3.01. The molecule has 1 N–H and O–H groups in total. The van der Waals surface area contributed by atoms with Crippen molar-refractivity contribution in [3.63, 3.8) is 0 Å². The first-order chi connectivity index (χ1) is 11.7. The van der Waals surface area contributed by atoms with Crippen LogP contribution in [0.4, 0.5) is 5.00 Å². The van der Waals surface area contributed by atoms with Crippen molar-refractivity contribution in [3.05, 3.63) is 46.6 Å². The van der Waals surface area contributed by atoms with Crippen molar-refractivity contribution in [3.8, 4) is 6.07 Å². The number of nitriles is 1. The maximum Gasteiger partial charge on any atom is 0.251 e. The van der Waals surface area contributed by atoms with E-state index in [9.17, 15) is 10.1 Å². The predicted octanol–water partition coefficient (Wildman–Crippen LogP) is 3.46. The lowest BCUT2D eigenvalue weighted by Gasteiger charge is -2.36. The van der Waals surface area contributed by atoms with Gasteiger partial charge in [-0.25, -0.2) is 0 Å². The van der Waals surface area contributed by atoms with Crippen LogP contribution in [0.5, 0.6) is 0 Å². The third-order valence-corrected chi connectivity index (χ3v) is 5.43. The van der Waals surface area contributed by atoms with E-state index in [0.29, 0.717) is 17.7 Å². The Morgan fingerprint density at radius 3 is 2.96 bits per heavy atom. The van der Waals surface area contributed by atoms with Gasteiger partial charge < -0.3 is 10.2 Å². The van der Waals surface area contributed by atoms with E-state index in [1.807, 2.05) is 18.2 Å². The Labute approximate surface area is 150 Å². The molecule has 1 atom stereocenters. The van der Waals surface area contributed by atoms with Crippen LogP contribution < -0.4 is 10.2 Å². The zero-order valence-corrected chi connectivity index (χ0v) is 14.6. The highest BCUT2D eigenvalue weighted by molar-refractivity contribution is 7.10. The van der Waals surface area contributed by atoms with Gasteiger partial charge in [0, 0.05) is 24.7 Å². The molecule has 1 unspecified atom stereocenters. The Morgan fingerprint density at radius 2 is 2.21 bits per heavy atom. The zero-order chi connectivity index (χ0) is 16.9. The van der Waals surface area contributed by atoms with Crippen LogP contribution in [0.15, 0.2) is 30.3 Å².